The quantitative estimate of drug-likeness (QED) is 0.564. The molecular formula is C12H22N4O4S. The Hall–Kier alpha value is -1.00. The fourth-order valence-electron chi connectivity index (χ4n) is 1.99. The Morgan fingerprint density at radius 3 is 3.05 bits per heavy atom. The minimum Gasteiger partial charge on any atom is -0.376 e. The first-order valence-electron chi connectivity index (χ1n) is 7.05. The molecule has 0 aliphatic carbocycles. The van der Waals surface area contributed by atoms with E-state index in [1.54, 1.807) is 0 Å². The zero-order chi connectivity index (χ0) is 15.1. The highest BCUT2D eigenvalue weighted by molar-refractivity contribution is 7.89. The van der Waals surface area contributed by atoms with Crippen molar-refractivity contribution in [3.63, 3.8) is 0 Å². The lowest BCUT2D eigenvalue weighted by atomic mass is 10.3. The van der Waals surface area contributed by atoms with E-state index in [0.29, 0.717) is 31.9 Å². The first-order chi connectivity index (χ1) is 10.1. The normalized spacial score (nSPS) is 19.8. The summed E-state index contributed by atoms with van der Waals surface area (Å²) in [6, 6.07) is 0. The molecule has 0 amide bonds. The molecule has 1 unspecified atom stereocenters. The van der Waals surface area contributed by atoms with Gasteiger partial charge in [-0.05, 0) is 13.0 Å². The van der Waals surface area contributed by atoms with Crippen molar-refractivity contribution in [2.75, 3.05) is 32.9 Å². The van der Waals surface area contributed by atoms with Gasteiger partial charge in [-0.15, -0.1) is 0 Å². The summed E-state index contributed by atoms with van der Waals surface area (Å²) in [5, 5.41) is 9.63. The molecule has 9 heteroatoms. The van der Waals surface area contributed by atoms with Crippen molar-refractivity contribution in [2.45, 2.75) is 31.0 Å². The Morgan fingerprint density at radius 2 is 2.33 bits per heavy atom. The number of aromatic nitrogens is 2. The van der Waals surface area contributed by atoms with Gasteiger partial charge in [0.05, 0.1) is 32.1 Å². The average Bonchev–Trinajstić information content (AvgIpc) is 2.96. The number of H-pyrrole nitrogens is 1. The second-order valence-corrected chi connectivity index (χ2v) is 6.52. The lowest BCUT2D eigenvalue weighted by Gasteiger charge is -2.22. The van der Waals surface area contributed by atoms with Crippen molar-refractivity contribution in [3.05, 3.63) is 11.8 Å². The summed E-state index contributed by atoms with van der Waals surface area (Å²) in [6.07, 6.45) is 2.26. The molecule has 0 saturated carbocycles. The molecule has 120 valence electrons. The second kappa shape index (κ2) is 7.85. The maximum Gasteiger partial charge on any atom is 0.257 e. The molecule has 1 aliphatic heterocycles. The number of nitrogens with zero attached hydrogens (tertiary/aromatic N) is 1. The van der Waals surface area contributed by atoms with Gasteiger partial charge in [0.1, 0.15) is 0 Å². The molecule has 0 radical (unpaired) electrons. The molecule has 1 fully saturated rings. The Morgan fingerprint density at radius 1 is 1.48 bits per heavy atom. The van der Waals surface area contributed by atoms with Crippen LogP contribution in [0.15, 0.2) is 11.2 Å². The number of hydrogen-bond acceptors (Lipinski definition) is 6. The molecular weight excluding hydrogens is 296 g/mol. The molecule has 0 aromatic carbocycles. The number of aromatic amines is 1. The van der Waals surface area contributed by atoms with Gasteiger partial charge < -0.3 is 14.8 Å². The van der Waals surface area contributed by atoms with Crippen molar-refractivity contribution in [2.24, 2.45) is 0 Å². The summed E-state index contributed by atoms with van der Waals surface area (Å²) in [6.45, 7) is 4.96. The Bertz CT molecular complexity index is 525. The molecule has 0 spiro atoms. The number of nitrogens with one attached hydrogen (secondary N) is 3. The predicted molar refractivity (Wildman–Crippen MR) is 76.3 cm³/mol. The zero-order valence-corrected chi connectivity index (χ0v) is 12.9. The van der Waals surface area contributed by atoms with Crippen LogP contribution >= 0.6 is 0 Å². The molecule has 1 atom stereocenters. The molecule has 21 heavy (non-hydrogen) atoms. The van der Waals surface area contributed by atoms with Crippen LogP contribution in [-0.2, 0) is 26.0 Å². The van der Waals surface area contributed by atoms with E-state index in [2.05, 4.69) is 20.2 Å². The van der Waals surface area contributed by atoms with Crippen LogP contribution in [-0.4, -0.2) is 57.6 Å². The standard InChI is InChI=1S/C12H22N4O4S/c1-2-3-13-6-10-7-14-16-12(10)21(17,18)15-8-11-9-19-4-5-20-11/h7,11,13,15H,2-6,8-9H2,1H3,(H,14,16). The summed E-state index contributed by atoms with van der Waals surface area (Å²) in [5.41, 5.74) is 0.622. The van der Waals surface area contributed by atoms with Gasteiger partial charge in [-0.3, -0.25) is 5.10 Å². The van der Waals surface area contributed by atoms with E-state index in [4.69, 9.17) is 9.47 Å². The topological polar surface area (TPSA) is 105 Å². The van der Waals surface area contributed by atoms with Crippen molar-refractivity contribution in [3.8, 4) is 0 Å². The van der Waals surface area contributed by atoms with E-state index in [1.807, 2.05) is 6.92 Å². The summed E-state index contributed by atoms with van der Waals surface area (Å²) in [7, 11) is -3.63. The Labute approximate surface area is 124 Å². The maximum atomic E-state index is 12.3. The van der Waals surface area contributed by atoms with Crippen molar-refractivity contribution < 1.29 is 17.9 Å². The van der Waals surface area contributed by atoms with Gasteiger partial charge in [0.25, 0.3) is 10.0 Å². The maximum absolute atomic E-state index is 12.3. The number of hydrogen-bond donors (Lipinski definition) is 3. The largest absolute Gasteiger partial charge is 0.376 e. The van der Waals surface area contributed by atoms with Crippen LogP contribution in [0.5, 0.6) is 0 Å². The van der Waals surface area contributed by atoms with E-state index < -0.39 is 10.0 Å². The van der Waals surface area contributed by atoms with Gasteiger partial charge in [0, 0.05) is 18.7 Å². The van der Waals surface area contributed by atoms with E-state index in [1.165, 1.54) is 6.20 Å². The molecule has 1 aliphatic rings. The van der Waals surface area contributed by atoms with Crippen molar-refractivity contribution >= 4 is 10.0 Å². The first kappa shape index (κ1) is 16.4. The lowest BCUT2D eigenvalue weighted by molar-refractivity contribution is -0.0847. The van der Waals surface area contributed by atoms with Crippen LogP contribution in [0, 0.1) is 0 Å². The van der Waals surface area contributed by atoms with Crippen LogP contribution < -0.4 is 10.0 Å². The van der Waals surface area contributed by atoms with Crippen LogP contribution in [0.1, 0.15) is 18.9 Å². The third-order valence-electron chi connectivity index (χ3n) is 3.08. The second-order valence-electron chi connectivity index (χ2n) is 4.82. The van der Waals surface area contributed by atoms with Gasteiger partial charge >= 0.3 is 0 Å². The number of rotatable bonds is 8. The van der Waals surface area contributed by atoms with Gasteiger partial charge in [-0.25, -0.2) is 13.1 Å². The Balaban J connectivity index is 1.93. The molecule has 8 nitrogen and oxygen atoms in total. The SMILES string of the molecule is CCCNCc1cn[nH]c1S(=O)(=O)NCC1COCCO1. The van der Waals surface area contributed by atoms with E-state index in [-0.39, 0.29) is 17.7 Å². The van der Waals surface area contributed by atoms with Gasteiger partial charge in [-0.2, -0.15) is 5.10 Å². The minimum atomic E-state index is -3.63. The van der Waals surface area contributed by atoms with Crippen molar-refractivity contribution in [1.82, 2.24) is 20.2 Å². The van der Waals surface area contributed by atoms with Crippen LogP contribution in [0.25, 0.3) is 0 Å². The highest BCUT2D eigenvalue weighted by Gasteiger charge is 2.23. The summed E-state index contributed by atoms with van der Waals surface area (Å²) in [4.78, 5) is 0. The van der Waals surface area contributed by atoms with Crippen LogP contribution in [0.2, 0.25) is 0 Å². The van der Waals surface area contributed by atoms with Gasteiger partial charge in [0.2, 0.25) is 0 Å². The predicted octanol–water partition coefficient (Wildman–Crippen LogP) is -0.397. The molecule has 0 bridgehead atoms. The fourth-order valence-corrected chi connectivity index (χ4v) is 3.18. The van der Waals surface area contributed by atoms with Crippen molar-refractivity contribution in [1.29, 1.82) is 0 Å². The van der Waals surface area contributed by atoms with Crippen LogP contribution in [0.4, 0.5) is 0 Å². The molecule has 2 heterocycles. The highest BCUT2D eigenvalue weighted by Crippen LogP contribution is 2.12. The molecule has 1 aromatic rings. The molecule has 3 N–H and O–H groups in total. The molecule has 1 saturated heterocycles. The molecule has 1 aromatic heterocycles. The smallest absolute Gasteiger partial charge is 0.257 e. The Kier molecular flexibility index (Phi) is 6.12. The highest BCUT2D eigenvalue weighted by atomic mass is 32.2. The third kappa shape index (κ3) is 4.75. The molecule has 2 rings (SSSR count). The minimum absolute atomic E-state index is 0.0998. The third-order valence-corrected chi connectivity index (χ3v) is 4.51. The number of ether oxygens (including phenoxy) is 2. The lowest BCUT2D eigenvalue weighted by Crippen LogP contribution is -2.40. The fraction of sp³-hybridized carbons (Fsp3) is 0.750. The summed E-state index contributed by atoms with van der Waals surface area (Å²) < 4.78 is 37.7. The van der Waals surface area contributed by atoms with E-state index in [0.717, 1.165) is 13.0 Å². The monoisotopic (exact) mass is 318 g/mol. The van der Waals surface area contributed by atoms with E-state index in [9.17, 15) is 8.42 Å². The summed E-state index contributed by atoms with van der Waals surface area (Å²) in [5.74, 6) is 0. The zero-order valence-electron chi connectivity index (χ0n) is 12.1. The van der Waals surface area contributed by atoms with Gasteiger partial charge in [-0.1, -0.05) is 6.92 Å². The average molecular weight is 318 g/mol. The van der Waals surface area contributed by atoms with E-state index >= 15 is 0 Å². The number of sulfonamides is 1. The van der Waals surface area contributed by atoms with Gasteiger partial charge in [0.15, 0.2) is 5.03 Å². The first-order valence-corrected chi connectivity index (χ1v) is 8.53. The summed E-state index contributed by atoms with van der Waals surface area (Å²) >= 11 is 0. The van der Waals surface area contributed by atoms with Crippen LogP contribution in [0.3, 0.4) is 0 Å².